The largest absolute Gasteiger partial charge is 0.443 e. The lowest BCUT2D eigenvalue weighted by molar-refractivity contribution is 0.109. The Hall–Kier alpha value is -3.07. The fourth-order valence-electron chi connectivity index (χ4n) is 2.73. The second-order valence-electron chi connectivity index (χ2n) is 6.08. The van der Waals surface area contributed by atoms with E-state index in [1.54, 1.807) is 54.6 Å². The molecule has 2 aromatic rings. The third kappa shape index (κ3) is 5.45. The minimum atomic E-state index is -3.43. The molecule has 27 heavy (non-hydrogen) atoms. The van der Waals surface area contributed by atoms with E-state index in [-0.39, 0.29) is 11.5 Å². The number of amides is 3. The van der Waals surface area contributed by atoms with Crippen molar-refractivity contribution in [1.29, 1.82) is 0 Å². The molecule has 0 aromatic heterocycles. The second kappa shape index (κ2) is 8.09. The van der Waals surface area contributed by atoms with Gasteiger partial charge in [0.05, 0.1) is 17.5 Å². The van der Waals surface area contributed by atoms with Gasteiger partial charge in [-0.15, -0.1) is 0 Å². The van der Waals surface area contributed by atoms with Crippen molar-refractivity contribution in [2.75, 3.05) is 22.1 Å². The number of para-hydroxylation sites is 2. The molecule has 0 radical (unpaired) electrons. The number of rotatable bonds is 4. The summed E-state index contributed by atoms with van der Waals surface area (Å²) in [5, 5.41) is 7.70. The molecule has 2 unspecified atom stereocenters. The van der Waals surface area contributed by atoms with Crippen molar-refractivity contribution in [3.05, 3.63) is 60.7 Å². The van der Waals surface area contributed by atoms with Crippen LogP contribution in [0.1, 0.15) is 0 Å². The third-order valence-electron chi connectivity index (χ3n) is 3.93. The molecule has 142 valence electrons. The summed E-state index contributed by atoms with van der Waals surface area (Å²) in [6.07, 6.45) is -1.75. The first-order chi connectivity index (χ1) is 12.9. The molecular formula is C18H19N3O5S. The molecule has 0 aliphatic carbocycles. The Kier molecular flexibility index (Phi) is 5.60. The number of carbonyl (C=O) groups excluding carboxylic acids is 2. The van der Waals surface area contributed by atoms with E-state index in [1.807, 2.05) is 6.07 Å². The fourth-order valence-corrected chi connectivity index (χ4v) is 4.51. The average Bonchev–Trinajstić information content (AvgIpc) is 2.89. The first kappa shape index (κ1) is 18.7. The fraction of sp³-hybridized carbons (Fsp3) is 0.222. The molecule has 2 atom stereocenters. The predicted molar refractivity (Wildman–Crippen MR) is 101 cm³/mol. The smallest absolute Gasteiger partial charge is 0.412 e. The minimum absolute atomic E-state index is 0.293. The normalized spacial score (nSPS) is 20.4. The molecule has 3 amide bonds. The highest BCUT2D eigenvalue weighted by Gasteiger charge is 2.41. The lowest BCUT2D eigenvalue weighted by Crippen LogP contribution is -2.46. The summed E-state index contributed by atoms with van der Waals surface area (Å²) >= 11 is 0. The van der Waals surface area contributed by atoms with Gasteiger partial charge >= 0.3 is 12.1 Å². The highest BCUT2D eigenvalue weighted by atomic mass is 32.2. The number of nitrogens with one attached hydrogen (secondary N) is 3. The van der Waals surface area contributed by atoms with Crippen LogP contribution in [0.15, 0.2) is 60.7 Å². The summed E-state index contributed by atoms with van der Waals surface area (Å²) in [5.41, 5.74) is 1.09. The Morgan fingerprint density at radius 3 is 2.00 bits per heavy atom. The lowest BCUT2D eigenvalue weighted by Gasteiger charge is -2.20. The summed E-state index contributed by atoms with van der Waals surface area (Å²) < 4.78 is 29.1. The zero-order valence-electron chi connectivity index (χ0n) is 14.3. The monoisotopic (exact) mass is 389 g/mol. The Morgan fingerprint density at radius 2 is 1.41 bits per heavy atom. The van der Waals surface area contributed by atoms with Crippen LogP contribution in [0.2, 0.25) is 0 Å². The Labute approximate surface area is 156 Å². The third-order valence-corrected chi connectivity index (χ3v) is 5.63. The number of benzene rings is 2. The molecule has 3 rings (SSSR count). The maximum atomic E-state index is 12.1. The molecule has 1 aliphatic heterocycles. The Balaban J connectivity index is 1.60. The minimum Gasteiger partial charge on any atom is -0.443 e. The van der Waals surface area contributed by atoms with Crippen LogP contribution in [0.3, 0.4) is 0 Å². The molecule has 1 saturated heterocycles. The number of sulfone groups is 1. The van der Waals surface area contributed by atoms with Crippen LogP contribution in [0.25, 0.3) is 0 Å². The molecule has 9 heteroatoms. The van der Waals surface area contributed by atoms with E-state index in [0.717, 1.165) is 0 Å². The van der Waals surface area contributed by atoms with Crippen LogP contribution in [-0.4, -0.2) is 44.2 Å². The van der Waals surface area contributed by atoms with Crippen molar-refractivity contribution in [3.63, 3.8) is 0 Å². The van der Waals surface area contributed by atoms with Gasteiger partial charge in [-0.25, -0.2) is 18.0 Å². The van der Waals surface area contributed by atoms with E-state index in [2.05, 4.69) is 16.0 Å². The summed E-state index contributed by atoms with van der Waals surface area (Å²) in [5.74, 6) is -0.635. The predicted octanol–water partition coefficient (Wildman–Crippen LogP) is 2.22. The second-order valence-corrected chi connectivity index (χ2v) is 8.24. The van der Waals surface area contributed by atoms with Crippen molar-refractivity contribution >= 4 is 33.3 Å². The lowest BCUT2D eigenvalue weighted by atomic mass is 10.2. The SMILES string of the molecule is O=C(Nc1ccccc1)NC1CS(=O)(=O)CC1OC(=O)Nc1ccccc1. The van der Waals surface area contributed by atoms with Crippen LogP contribution in [-0.2, 0) is 14.6 Å². The van der Waals surface area contributed by atoms with Gasteiger partial charge in [0, 0.05) is 11.4 Å². The zero-order chi connectivity index (χ0) is 19.3. The van der Waals surface area contributed by atoms with Gasteiger partial charge in [-0.3, -0.25) is 5.32 Å². The topological polar surface area (TPSA) is 114 Å². The number of urea groups is 1. The van der Waals surface area contributed by atoms with E-state index in [1.165, 1.54) is 0 Å². The van der Waals surface area contributed by atoms with Crippen LogP contribution in [0.4, 0.5) is 21.0 Å². The highest BCUT2D eigenvalue weighted by molar-refractivity contribution is 7.91. The van der Waals surface area contributed by atoms with Crippen LogP contribution < -0.4 is 16.0 Å². The van der Waals surface area contributed by atoms with Gasteiger partial charge < -0.3 is 15.4 Å². The van der Waals surface area contributed by atoms with Gasteiger partial charge in [0.2, 0.25) is 0 Å². The molecule has 1 aliphatic rings. The number of hydrogen-bond acceptors (Lipinski definition) is 5. The molecule has 1 heterocycles. The quantitative estimate of drug-likeness (QED) is 0.742. The molecular weight excluding hydrogens is 370 g/mol. The number of hydrogen-bond donors (Lipinski definition) is 3. The van der Waals surface area contributed by atoms with Gasteiger partial charge in [-0.05, 0) is 24.3 Å². The van der Waals surface area contributed by atoms with E-state index < -0.39 is 34.1 Å². The maximum absolute atomic E-state index is 12.1. The van der Waals surface area contributed by atoms with Crippen LogP contribution in [0.5, 0.6) is 0 Å². The molecule has 2 aromatic carbocycles. The van der Waals surface area contributed by atoms with Gasteiger partial charge in [-0.1, -0.05) is 36.4 Å². The summed E-state index contributed by atoms with van der Waals surface area (Å²) in [4.78, 5) is 24.2. The van der Waals surface area contributed by atoms with Crippen molar-refractivity contribution in [3.8, 4) is 0 Å². The van der Waals surface area contributed by atoms with Crippen molar-refractivity contribution < 1.29 is 22.7 Å². The number of carbonyl (C=O) groups is 2. The molecule has 3 N–H and O–H groups in total. The van der Waals surface area contributed by atoms with Gasteiger partial charge in [0.25, 0.3) is 0 Å². The van der Waals surface area contributed by atoms with E-state index in [9.17, 15) is 18.0 Å². The molecule has 8 nitrogen and oxygen atoms in total. The summed E-state index contributed by atoms with van der Waals surface area (Å²) in [6, 6.07) is 16.0. The number of anilines is 2. The van der Waals surface area contributed by atoms with E-state index in [0.29, 0.717) is 11.4 Å². The van der Waals surface area contributed by atoms with E-state index >= 15 is 0 Å². The van der Waals surface area contributed by atoms with Crippen molar-refractivity contribution in [2.45, 2.75) is 12.1 Å². The van der Waals surface area contributed by atoms with E-state index in [4.69, 9.17) is 4.74 Å². The van der Waals surface area contributed by atoms with Crippen LogP contribution >= 0.6 is 0 Å². The average molecular weight is 389 g/mol. The Morgan fingerprint density at radius 1 is 0.852 bits per heavy atom. The standard InChI is InChI=1S/C18H19N3O5S/c22-17(19-13-7-3-1-4-8-13)21-15-11-27(24,25)12-16(15)26-18(23)20-14-9-5-2-6-10-14/h1-10,15-16H,11-12H2,(H,20,23)(H2,19,21,22). The summed E-state index contributed by atoms with van der Waals surface area (Å²) in [7, 11) is -3.43. The van der Waals surface area contributed by atoms with Gasteiger partial charge in [-0.2, -0.15) is 0 Å². The Bertz CT molecular complexity index is 834. The van der Waals surface area contributed by atoms with Gasteiger partial charge in [0.15, 0.2) is 9.84 Å². The van der Waals surface area contributed by atoms with Gasteiger partial charge in [0.1, 0.15) is 6.10 Å². The van der Waals surface area contributed by atoms with Crippen LogP contribution in [0, 0.1) is 0 Å². The molecule has 0 spiro atoms. The molecule has 0 saturated carbocycles. The first-order valence-electron chi connectivity index (χ1n) is 8.27. The molecule has 0 bridgehead atoms. The first-order valence-corrected chi connectivity index (χ1v) is 10.1. The highest BCUT2D eigenvalue weighted by Crippen LogP contribution is 2.18. The molecule has 1 fully saturated rings. The zero-order valence-corrected chi connectivity index (χ0v) is 15.1. The maximum Gasteiger partial charge on any atom is 0.412 e. The van der Waals surface area contributed by atoms with Crippen molar-refractivity contribution in [1.82, 2.24) is 5.32 Å². The number of ether oxygens (including phenoxy) is 1. The summed E-state index contributed by atoms with van der Waals surface area (Å²) in [6.45, 7) is 0. The van der Waals surface area contributed by atoms with Crippen molar-refractivity contribution in [2.24, 2.45) is 0 Å².